The van der Waals surface area contributed by atoms with Crippen molar-refractivity contribution >= 4 is 5.94 Å². The maximum absolute atomic E-state index is 12.7. The zero-order valence-corrected chi connectivity index (χ0v) is 11.7. The van der Waals surface area contributed by atoms with Crippen molar-refractivity contribution < 1.29 is 18.0 Å². The Morgan fingerprint density at radius 1 is 1.48 bits per heavy atom. The fourth-order valence-corrected chi connectivity index (χ4v) is 2.39. The molecule has 0 bridgehead atoms. The van der Waals surface area contributed by atoms with Gasteiger partial charge in [-0.1, -0.05) is 6.07 Å². The van der Waals surface area contributed by atoms with Gasteiger partial charge < -0.3 is 5.32 Å². The summed E-state index contributed by atoms with van der Waals surface area (Å²) in [5.74, 6) is 1.15. The van der Waals surface area contributed by atoms with E-state index in [1.165, 1.54) is 18.2 Å². The van der Waals surface area contributed by atoms with Gasteiger partial charge in [0.25, 0.3) is 0 Å². The lowest BCUT2D eigenvalue weighted by molar-refractivity contribution is -0.141. The molecule has 0 amide bonds. The van der Waals surface area contributed by atoms with Crippen LogP contribution in [-0.4, -0.2) is 23.0 Å². The number of nitrogens with one attached hydrogen (secondary N) is 1. The van der Waals surface area contributed by atoms with Gasteiger partial charge in [-0.05, 0) is 38.3 Å². The van der Waals surface area contributed by atoms with Crippen LogP contribution in [0.4, 0.5) is 13.2 Å². The summed E-state index contributed by atoms with van der Waals surface area (Å²) in [4.78, 5) is 14.3. The van der Waals surface area contributed by atoms with Gasteiger partial charge in [0.05, 0.1) is 0 Å². The zero-order chi connectivity index (χ0) is 15.5. The first kappa shape index (κ1) is 15.7. The lowest BCUT2D eigenvalue weighted by atomic mass is 9.78. The lowest BCUT2D eigenvalue weighted by Gasteiger charge is -2.40. The van der Waals surface area contributed by atoms with E-state index in [1.54, 1.807) is 5.94 Å². The van der Waals surface area contributed by atoms with Gasteiger partial charge in [0.15, 0.2) is 0 Å². The molecule has 1 N–H and O–H groups in total. The summed E-state index contributed by atoms with van der Waals surface area (Å²) in [6, 6.07) is 3.73. The normalized spacial score (nSPS) is 18.5. The Morgan fingerprint density at radius 3 is 2.71 bits per heavy atom. The van der Waals surface area contributed by atoms with Gasteiger partial charge in [-0.3, -0.25) is 0 Å². The molecule has 0 spiro atoms. The van der Waals surface area contributed by atoms with Gasteiger partial charge in [-0.25, -0.2) is 9.78 Å². The Kier molecular flexibility index (Phi) is 4.49. The topological polar surface area (TPSA) is 42.0 Å². The van der Waals surface area contributed by atoms with E-state index in [9.17, 15) is 18.0 Å². The number of pyridine rings is 1. The predicted octanol–water partition coefficient (Wildman–Crippen LogP) is 3.10. The van der Waals surface area contributed by atoms with E-state index < -0.39 is 17.8 Å². The predicted molar refractivity (Wildman–Crippen MR) is 72.5 cm³/mol. The highest BCUT2D eigenvalue weighted by molar-refractivity contribution is 5.48. The van der Waals surface area contributed by atoms with E-state index in [-0.39, 0.29) is 11.2 Å². The van der Waals surface area contributed by atoms with Crippen LogP contribution in [0.25, 0.3) is 0 Å². The van der Waals surface area contributed by atoms with Crippen molar-refractivity contribution in [2.45, 2.75) is 43.8 Å². The van der Waals surface area contributed by atoms with Gasteiger partial charge in [-0.15, -0.1) is 0 Å². The molecule has 1 atom stereocenters. The zero-order valence-electron chi connectivity index (χ0n) is 11.7. The molecule has 2 rings (SSSR count). The third-order valence-corrected chi connectivity index (χ3v) is 3.92. The van der Waals surface area contributed by atoms with Crippen LogP contribution in [0, 0.1) is 0 Å². The van der Waals surface area contributed by atoms with E-state index in [1.807, 2.05) is 0 Å². The quantitative estimate of drug-likeness (QED) is 0.849. The number of halogens is 3. The molecular formula is C15H17F3N2O. The number of carbonyl (C=O) groups excluding carboxylic acids is 1. The van der Waals surface area contributed by atoms with Gasteiger partial charge in [-0.2, -0.15) is 13.2 Å². The highest BCUT2D eigenvalue weighted by Gasteiger charge is 2.34. The van der Waals surface area contributed by atoms with Crippen molar-refractivity contribution in [3.05, 3.63) is 35.7 Å². The van der Waals surface area contributed by atoms with Crippen LogP contribution in [0.3, 0.4) is 0 Å². The smallest absolute Gasteiger partial charge is 0.311 e. The molecule has 3 nitrogen and oxygen atoms in total. The number of rotatable bonds is 5. The van der Waals surface area contributed by atoms with Crippen molar-refractivity contribution in [3.63, 3.8) is 0 Å². The first-order valence-corrected chi connectivity index (χ1v) is 6.84. The van der Waals surface area contributed by atoms with Crippen LogP contribution in [0.2, 0.25) is 0 Å². The molecule has 0 saturated heterocycles. The van der Waals surface area contributed by atoms with Crippen LogP contribution < -0.4 is 5.32 Å². The molecule has 21 heavy (non-hydrogen) atoms. The molecule has 0 radical (unpaired) electrons. The number of hydrogen-bond acceptors (Lipinski definition) is 3. The Bertz CT molecular complexity index is 546. The summed E-state index contributed by atoms with van der Waals surface area (Å²) in [5.41, 5.74) is -0.709. The summed E-state index contributed by atoms with van der Waals surface area (Å²) in [7, 11) is 0. The second-order valence-electron chi connectivity index (χ2n) is 5.63. The Labute approximate surface area is 121 Å². The molecule has 1 heterocycles. The molecule has 1 aliphatic rings. The minimum atomic E-state index is -4.49. The van der Waals surface area contributed by atoms with Gasteiger partial charge >= 0.3 is 6.18 Å². The molecular weight excluding hydrogens is 281 g/mol. The molecule has 1 aliphatic carbocycles. The number of hydrogen-bond donors (Lipinski definition) is 1. The van der Waals surface area contributed by atoms with E-state index in [0.29, 0.717) is 6.54 Å². The van der Waals surface area contributed by atoms with E-state index >= 15 is 0 Å². The molecule has 0 aliphatic heterocycles. The molecule has 0 aromatic carbocycles. The summed E-state index contributed by atoms with van der Waals surface area (Å²) in [6.45, 7) is 2.44. The Morgan fingerprint density at radius 2 is 2.19 bits per heavy atom. The largest absolute Gasteiger partial charge is 0.433 e. The van der Waals surface area contributed by atoms with Crippen LogP contribution in [0.15, 0.2) is 24.3 Å². The highest BCUT2D eigenvalue weighted by atomic mass is 19.4. The summed E-state index contributed by atoms with van der Waals surface area (Å²) >= 11 is 0. The number of aromatic nitrogens is 1. The van der Waals surface area contributed by atoms with Crippen molar-refractivity contribution in [2.75, 3.05) is 6.54 Å². The molecule has 114 valence electrons. The van der Waals surface area contributed by atoms with E-state index in [2.05, 4.69) is 17.2 Å². The average Bonchev–Trinajstić information content (AvgIpc) is 2.40. The molecule has 1 fully saturated rings. The average molecular weight is 298 g/mol. The number of alkyl halides is 3. The second-order valence-corrected chi connectivity index (χ2v) is 5.63. The standard InChI is InChI=1S/C15H17F3N2O/c1-14(7-3-8-14)19-10-11(6-9-21)12-4-2-5-13(20-12)15(16,17)18/h2,4-6,11,19H,3,7-8,10H2,1H3. The molecule has 6 heteroatoms. The Balaban J connectivity index is 2.15. The minimum Gasteiger partial charge on any atom is -0.311 e. The van der Waals surface area contributed by atoms with E-state index in [0.717, 1.165) is 25.3 Å². The third kappa shape index (κ3) is 3.93. The highest BCUT2D eigenvalue weighted by Crippen LogP contribution is 2.32. The SMILES string of the molecule is CC1(NCC(C=C=O)c2cccc(C(F)(F)F)n2)CCC1. The van der Waals surface area contributed by atoms with Crippen LogP contribution in [0.1, 0.15) is 43.5 Å². The van der Waals surface area contributed by atoms with Gasteiger partial charge in [0, 0.05) is 29.8 Å². The lowest BCUT2D eigenvalue weighted by Crippen LogP contribution is -2.49. The first-order valence-electron chi connectivity index (χ1n) is 6.84. The van der Waals surface area contributed by atoms with Crippen LogP contribution >= 0.6 is 0 Å². The summed E-state index contributed by atoms with van der Waals surface area (Å²) < 4.78 is 38.1. The Hall–Kier alpha value is -1.65. The molecule has 1 aromatic heterocycles. The van der Waals surface area contributed by atoms with E-state index in [4.69, 9.17) is 0 Å². The first-order chi connectivity index (χ1) is 9.84. The van der Waals surface area contributed by atoms with Crippen molar-refractivity contribution in [3.8, 4) is 0 Å². The van der Waals surface area contributed by atoms with Crippen LogP contribution in [0.5, 0.6) is 0 Å². The third-order valence-electron chi connectivity index (χ3n) is 3.92. The van der Waals surface area contributed by atoms with Crippen LogP contribution in [-0.2, 0) is 11.0 Å². The van der Waals surface area contributed by atoms with Crippen molar-refractivity contribution in [1.29, 1.82) is 0 Å². The van der Waals surface area contributed by atoms with Crippen molar-refractivity contribution in [2.24, 2.45) is 0 Å². The monoisotopic (exact) mass is 298 g/mol. The fourth-order valence-electron chi connectivity index (χ4n) is 2.39. The maximum atomic E-state index is 12.7. The summed E-state index contributed by atoms with van der Waals surface area (Å²) in [5, 5.41) is 3.31. The minimum absolute atomic E-state index is 0.0105. The second kappa shape index (κ2) is 6.00. The molecule has 1 aromatic rings. The van der Waals surface area contributed by atoms with Gasteiger partial charge in [0.2, 0.25) is 0 Å². The molecule has 1 saturated carbocycles. The number of nitrogens with zero attached hydrogens (tertiary/aromatic N) is 1. The van der Waals surface area contributed by atoms with Gasteiger partial charge in [0.1, 0.15) is 11.6 Å². The fraction of sp³-hybridized carbons (Fsp3) is 0.533. The van der Waals surface area contributed by atoms with Crippen molar-refractivity contribution in [1.82, 2.24) is 10.3 Å². The summed E-state index contributed by atoms with van der Waals surface area (Å²) in [6.07, 6.45) is -0.0725. The maximum Gasteiger partial charge on any atom is 0.433 e. The molecule has 1 unspecified atom stereocenters.